The van der Waals surface area contributed by atoms with Crippen LogP contribution in [0.15, 0.2) is 30.3 Å². The standard InChI is InChI=1S/C15H20N2O/c18-15-11-17(10-12-6-2-1-3-7-12)14-9-5-4-8-13(14)16-15/h1-3,6-7,13-14H,4-5,8-11H2,(H,16,18)/t13-,14-/m0/s1. The predicted molar refractivity (Wildman–Crippen MR) is 71.0 cm³/mol. The minimum atomic E-state index is 0.189. The second kappa shape index (κ2) is 5.11. The molecular formula is C15H20N2O. The smallest absolute Gasteiger partial charge is 0.234 e. The molecule has 3 heteroatoms. The summed E-state index contributed by atoms with van der Waals surface area (Å²) in [5, 5.41) is 3.15. The van der Waals surface area contributed by atoms with E-state index in [1.165, 1.54) is 24.8 Å². The van der Waals surface area contributed by atoms with Crippen LogP contribution in [0.2, 0.25) is 0 Å². The Hall–Kier alpha value is -1.35. The Morgan fingerprint density at radius 2 is 1.94 bits per heavy atom. The van der Waals surface area contributed by atoms with Gasteiger partial charge in [0.1, 0.15) is 0 Å². The number of rotatable bonds is 2. The van der Waals surface area contributed by atoms with E-state index in [4.69, 9.17) is 0 Å². The van der Waals surface area contributed by atoms with Gasteiger partial charge in [-0.3, -0.25) is 9.69 Å². The van der Waals surface area contributed by atoms with E-state index in [2.05, 4.69) is 34.5 Å². The summed E-state index contributed by atoms with van der Waals surface area (Å²) < 4.78 is 0. The number of amides is 1. The Balaban J connectivity index is 1.74. The molecule has 1 heterocycles. The zero-order valence-corrected chi connectivity index (χ0v) is 10.6. The van der Waals surface area contributed by atoms with Gasteiger partial charge < -0.3 is 5.32 Å². The molecule has 1 aliphatic carbocycles. The van der Waals surface area contributed by atoms with Crippen molar-refractivity contribution in [1.29, 1.82) is 0 Å². The number of hydrogen-bond acceptors (Lipinski definition) is 2. The van der Waals surface area contributed by atoms with Crippen molar-refractivity contribution in [3.8, 4) is 0 Å². The molecule has 2 fully saturated rings. The Morgan fingerprint density at radius 1 is 1.17 bits per heavy atom. The van der Waals surface area contributed by atoms with Crippen molar-refractivity contribution in [2.45, 2.75) is 44.3 Å². The molecule has 0 radical (unpaired) electrons. The third-order valence-electron chi connectivity index (χ3n) is 4.12. The molecule has 1 aliphatic heterocycles. The van der Waals surface area contributed by atoms with Crippen LogP contribution in [0.1, 0.15) is 31.2 Å². The Labute approximate surface area is 108 Å². The van der Waals surface area contributed by atoms with Crippen LogP contribution in [0.25, 0.3) is 0 Å². The van der Waals surface area contributed by atoms with Crippen LogP contribution in [0, 0.1) is 0 Å². The zero-order valence-electron chi connectivity index (χ0n) is 10.6. The number of nitrogens with zero attached hydrogens (tertiary/aromatic N) is 1. The van der Waals surface area contributed by atoms with Crippen molar-refractivity contribution in [3.63, 3.8) is 0 Å². The number of carbonyl (C=O) groups is 1. The fourth-order valence-corrected chi connectivity index (χ4v) is 3.26. The first-order chi connectivity index (χ1) is 8.83. The number of fused-ring (bicyclic) bond motifs is 1. The van der Waals surface area contributed by atoms with Crippen LogP contribution in [0.3, 0.4) is 0 Å². The van der Waals surface area contributed by atoms with Crippen molar-refractivity contribution >= 4 is 5.91 Å². The van der Waals surface area contributed by atoms with Gasteiger partial charge in [-0.25, -0.2) is 0 Å². The zero-order chi connectivity index (χ0) is 12.4. The highest BCUT2D eigenvalue weighted by atomic mass is 16.2. The van der Waals surface area contributed by atoms with Gasteiger partial charge in [-0.2, -0.15) is 0 Å². The molecule has 3 nitrogen and oxygen atoms in total. The number of carbonyl (C=O) groups excluding carboxylic acids is 1. The summed E-state index contributed by atoms with van der Waals surface area (Å²) in [6.45, 7) is 1.45. The van der Waals surface area contributed by atoms with Gasteiger partial charge in [-0.15, -0.1) is 0 Å². The van der Waals surface area contributed by atoms with E-state index in [-0.39, 0.29) is 5.91 Å². The fourth-order valence-electron chi connectivity index (χ4n) is 3.26. The molecule has 1 N–H and O–H groups in total. The van der Waals surface area contributed by atoms with E-state index < -0.39 is 0 Å². The average molecular weight is 244 g/mol. The number of hydrogen-bond donors (Lipinski definition) is 1. The molecule has 1 saturated heterocycles. The van der Waals surface area contributed by atoms with E-state index in [0.29, 0.717) is 18.6 Å². The molecule has 2 atom stereocenters. The van der Waals surface area contributed by atoms with Crippen molar-refractivity contribution in [1.82, 2.24) is 10.2 Å². The molecule has 2 aliphatic rings. The summed E-state index contributed by atoms with van der Waals surface area (Å²) in [5.41, 5.74) is 1.30. The van der Waals surface area contributed by atoms with Crippen molar-refractivity contribution in [3.05, 3.63) is 35.9 Å². The normalized spacial score (nSPS) is 28.6. The molecule has 0 unspecified atom stereocenters. The van der Waals surface area contributed by atoms with E-state index in [1.807, 2.05) is 6.07 Å². The van der Waals surface area contributed by atoms with E-state index in [9.17, 15) is 4.79 Å². The van der Waals surface area contributed by atoms with E-state index >= 15 is 0 Å². The summed E-state index contributed by atoms with van der Waals surface area (Å²) in [6, 6.07) is 11.4. The highest BCUT2D eigenvalue weighted by molar-refractivity contribution is 5.79. The lowest BCUT2D eigenvalue weighted by molar-refractivity contribution is -0.128. The van der Waals surface area contributed by atoms with Gasteiger partial charge in [-0.1, -0.05) is 43.2 Å². The fraction of sp³-hybridized carbons (Fsp3) is 0.533. The van der Waals surface area contributed by atoms with Crippen LogP contribution >= 0.6 is 0 Å². The molecule has 3 rings (SSSR count). The lowest BCUT2D eigenvalue weighted by Gasteiger charge is -2.44. The molecule has 0 bridgehead atoms. The average Bonchev–Trinajstić information content (AvgIpc) is 2.40. The highest BCUT2D eigenvalue weighted by Gasteiger charge is 2.35. The molecule has 0 spiro atoms. The minimum Gasteiger partial charge on any atom is -0.351 e. The monoisotopic (exact) mass is 244 g/mol. The van der Waals surface area contributed by atoms with Gasteiger partial charge in [0.2, 0.25) is 5.91 Å². The van der Waals surface area contributed by atoms with Crippen LogP contribution < -0.4 is 5.32 Å². The second-order valence-electron chi connectivity index (χ2n) is 5.42. The van der Waals surface area contributed by atoms with E-state index in [0.717, 1.165) is 13.0 Å². The van der Waals surface area contributed by atoms with Gasteiger partial charge in [0.25, 0.3) is 0 Å². The van der Waals surface area contributed by atoms with Gasteiger partial charge in [-0.05, 0) is 18.4 Å². The minimum absolute atomic E-state index is 0.189. The van der Waals surface area contributed by atoms with Crippen LogP contribution in [0.4, 0.5) is 0 Å². The maximum atomic E-state index is 11.8. The third-order valence-corrected chi connectivity index (χ3v) is 4.12. The SMILES string of the molecule is O=C1CN(Cc2ccccc2)[C@H]2CCCC[C@@H]2N1. The Kier molecular flexibility index (Phi) is 3.33. The summed E-state index contributed by atoms with van der Waals surface area (Å²) in [4.78, 5) is 14.1. The number of piperazine rings is 1. The van der Waals surface area contributed by atoms with Crippen molar-refractivity contribution in [2.75, 3.05) is 6.54 Å². The van der Waals surface area contributed by atoms with E-state index in [1.54, 1.807) is 0 Å². The summed E-state index contributed by atoms with van der Waals surface area (Å²) in [5.74, 6) is 0.189. The summed E-state index contributed by atoms with van der Waals surface area (Å²) in [6.07, 6.45) is 4.91. The van der Waals surface area contributed by atoms with Gasteiger partial charge in [0.05, 0.1) is 6.54 Å². The topological polar surface area (TPSA) is 32.3 Å². The van der Waals surface area contributed by atoms with Crippen molar-refractivity contribution < 1.29 is 4.79 Å². The lowest BCUT2D eigenvalue weighted by atomic mass is 9.87. The number of benzene rings is 1. The maximum absolute atomic E-state index is 11.8. The van der Waals surface area contributed by atoms with Crippen LogP contribution in [0.5, 0.6) is 0 Å². The first-order valence-corrected chi connectivity index (χ1v) is 6.90. The van der Waals surface area contributed by atoms with Crippen molar-refractivity contribution in [2.24, 2.45) is 0 Å². The quantitative estimate of drug-likeness (QED) is 0.862. The third kappa shape index (κ3) is 2.41. The Morgan fingerprint density at radius 3 is 2.78 bits per heavy atom. The molecule has 18 heavy (non-hydrogen) atoms. The molecule has 0 aromatic heterocycles. The summed E-state index contributed by atoms with van der Waals surface area (Å²) in [7, 11) is 0. The highest BCUT2D eigenvalue weighted by Crippen LogP contribution is 2.26. The lowest BCUT2D eigenvalue weighted by Crippen LogP contribution is -2.61. The largest absolute Gasteiger partial charge is 0.351 e. The molecule has 96 valence electrons. The maximum Gasteiger partial charge on any atom is 0.234 e. The first-order valence-electron chi connectivity index (χ1n) is 6.90. The van der Waals surface area contributed by atoms with Gasteiger partial charge in [0.15, 0.2) is 0 Å². The molecule has 1 aromatic carbocycles. The molecule has 1 saturated carbocycles. The number of nitrogens with one attached hydrogen (secondary N) is 1. The Bertz CT molecular complexity index is 418. The molecule has 1 aromatic rings. The second-order valence-corrected chi connectivity index (χ2v) is 5.42. The first kappa shape index (κ1) is 11.7. The molecule has 1 amide bonds. The van der Waals surface area contributed by atoms with Gasteiger partial charge in [0, 0.05) is 18.6 Å². The van der Waals surface area contributed by atoms with Crippen LogP contribution in [-0.4, -0.2) is 29.4 Å². The molecular weight excluding hydrogens is 224 g/mol. The van der Waals surface area contributed by atoms with Crippen LogP contribution in [-0.2, 0) is 11.3 Å². The predicted octanol–water partition coefficient (Wildman–Crippen LogP) is 1.93. The summed E-state index contributed by atoms with van der Waals surface area (Å²) >= 11 is 0. The van der Waals surface area contributed by atoms with Gasteiger partial charge >= 0.3 is 0 Å².